The van der Waals surface area contributed by atoms with Crippen LogP contribution in [0.4, 0.5) is 0 Å². The predicted molar refractivity (Wildman–Crippen MR) is 150 cm³/mol. The molecule has 0 spiro atoms. The lowest BCUT2D eigenvalue weighted by Gasteiger charge is -2.41. The van der Waals surface area contributed by atoms with Gasteiger partial charge in [-0.25, -0.2) is 0 Å². The Morgan fingerprint density at radius 1 is 0.652 bits per heavy atom. The van der Waals surface area contributed by atoms with Gasteiger partial charge in [0.1, 0.15) is 71.8 Å². The van der Waals surface area contributed by atoms with Gasteiger partial charge in [0.15, 0.2) is 17.6 Å². The van der Waals surface area contributed by atoms with Gasteiger partial charge in [0, 0.05) is 17.7 Å². The van der Waals surface area contributed by atoms with Gasteiger partial charge >= 0.3 is 0 Å². The molecule has 5 rings (SSSR count). The van der Waals surface area contributed by atoms with Gasteiger partial charge in [-0.1, -0.05) is 0 Å². The van der Waals surface area contributed by atoms with Gasteiger partial charge in [-0.15, -0.1) is 0 Å². The first-order valence-corrected chi connectivity index (χ1v) is 14.1. The van der Waals surface area contributed by atoms with Crippen molar-refractivity contribution in [1.82, 2.24) is 0 Å². The molecule has 0 bridgehead atoms. The second kappa shape index (κ2) is 13.6. The van der Waals surface area contributed by atoms with Crippen LogP contribution in [0.15, 0.2) is 30.0 Å². The third kappa shape index (κ3) is 6.21. The fraction of sp³-hybridized carbons (Fsp3) is 0.517. The van der Waals surface area contributed by atoms with E-state index in [9.17, 15) is 51.1 Å². The summed E-state index contributed by atoms with van der Waals surface area (Å²) in [4.78, 5) is 0. The van der Waals surface area contributed by atoms with E-state index >= 15 is 0 Å². The summed E-state index contributed by atoms with van der Waals surface area (Å²) in [7, 11) is 2.61. The quantitative estimate of drug-likeness (QED) is 0.135. The number of fused-ring (bicyclic) bond motifs is 1. The summed E-state index contributed by atoms with van der Waals surface area (Å²) in [5, 5.41) is 102. The van der Waals surface area contributed by atoms with Gasteiger partial charge in [0.05, 0.1) is 33.0 Å². The minimum absolute atomic E-state index is 0.0153. The second-order valence-electron chi connectivity index (χ2n) is 10.8. The normalized spacial score (nSPS) is 34.1. The maximum atomic E-state index is 10.7. The van der Waals surface area contributed by atoms with Gasteiger partial charge in [-0.05, 0) is 18.2 Å². The molecule has 3 aliphatic rings. The van der Waals surface area contributed by atoms with Crippen LogP contribution in [0.3, 0.4) is 0 Å². The molecular weight excluding hydrogens is 620 g/mol. The zero-order valence-electron chi connectivity index (χ0n) is 24.5. The van der Waals surface area contributed by atoms with Crippen LogP contribution in [0.2, 0.25) is 0 Å². The van der Waals surface area contributed by atoms with Crippen molar-refractivity contribution < 1.29 is 84.2 Å². The van der Waals surface area contributed by atoms with E-state index in [1.165, 1.54) is 38.5 Å². The minimum Gasteiger partial charge on any atom is -0.508 e. The smallest absolute Gasteiger partial charge is 0.229 e. The fourth-order valence-corrected chi connectivity index (χ4v) is 5.31. The average molecular weight is 657 g/mol. The molecule has 2 aromatic rings. The van der Waals surface area contributed by atoms with Gasteiger partial charge < -0.3 is 84.2 Å². The molecule has 3 aliphatic heterocycles. The summed E-state index contributed by atoms with van der Waals surface area (Å²) in [5.41, 5.74) is 0.330. The van der Waals surface area contributed by atoms with Crippen molar-refractivity contribution in [3.63, 3.8) is 0 Å². The Balaban J connectivity index is 1.59. The SMILES string of the molecule is COc1cc(C2Oc3cc(O)cc(O[C@@H]4O[C@H](CO)[C@@H](O)[C@H](O)[C@H]4O)c3C=C2O[C@H]2O[C@@H](CO)[C@@H](O)[C@H](O)[C@H]2O)cc(OC)c1O. The lowest BCUT2D eigenvalue weighted by Crippen LogP contribution is -2.60. The predicted octanol–water partition coefficient (Wildman–Crippen LogP) is -2.42. The first kappa shape index (κ1) is 33.7. The number of hydrogen-bond acceptors (Lipinski definition) is 17. The number of rotatable bonds is 9. The first-order valence-electron chi connectivity index (χ1n) is 14.1. The van der Waals surface area contributed by atoms with E-state index in [0.717, 1.165) is 6.07 Å². The topological polar surface area (TPSA) is 267 Å². The maximum Gasteiger partial charge on any atom is 0.229 e. The van der Waals surface area contributed by atoms with Crippen LogP contribution < -0.4 is 18.9 Å². The van der Waals surface area contributed by atoms with Crippen LogP contribution in [0.5, 0.6) is 34.5 Å². The third-order valence-electron chi connectivity index (χ3n) is 7.88. The largest absolute Gasteiger partial charge is 0.508 e. The molecule has 11 atom stereocenters. The monoisotopic (exact) mass is 656 g/mol. The Labute approximate surface area is 261 Å². The van der Waals surface area contributed by atoms with Crippen LogP contribution in [-0.2, 0) is 14.2 Å². The van der Waals surface area contributed by atoms with E-state index in [1.54, 1.807) is 0 Å². The number of benzene rings is 2. The highest BCUT2D eigenvalue weighted by Gasteiger charge is 2.47. The number of phenols is 2. The van der Waals surface area contributed by atoms with Gasteiger partial charge in [-0.2, -0.15) is 0 Å². The fourth-order valence-electron chi connectivity index (χ4n) is 5.31. The van der Waals surface area contributed by atoms with Gasteiger partial charge in [0.25, 0.3) is 0 Å². The minimum atomic E-state index is -1.81. The Morgan fingerprint density at radius 3 is 1.67 bits per heavy atom. The molecule has 0 saturated carbocycles. The molecule has 0 radical (unpaired) electrons. The zero-order chi connectivity index (χ0) is 33.4. The van der Waals surface area contributed by atoms with E-state index in [1.807, 2.05) is 0 Å². The molecule has 0 amide bonds. The Hall–Kier alpha value is -3.62. The van der Waals surface area contributed by atoms with Crippen molar-refractivity contribution in [2.24, 2.45) is 0 Å². The third-order valence-corrected chi connectivity index (χ3v) is 7.88. The van der Waals surface area contributed by atoms with Crippen molar-refractivity contribution in [2.45, 2.75) is 67.5 Å². The van der Waals surface area contributed by atoms with E-state index < -0.39 is 80.7 Å². The first-order chi connectivity index (χ1) is 21.9. The Bertz CT molecular complexity index is 1390. The number of methoxy groups -OCH3 is 2. The number of aliphatic hydroxyl groups is 8. The summed E-state index contributed by atoms with van der Waals surface area (Å²) in [6.07, 6.45) is -16.3. The number of hydrogen-bond donors (Lipinski definition) is 10. The molecule has 17 nitrogen and oxygen atoms in total. The van der Waals surface area contributed by atoms with E-state index in [0.29, 0.717) is 0 Å². The van der Waals surface area contributed by atoms with Crippen LogP contribution in [0, 0.1) is 0 Å². The lowest BCUT2D eigenvalue weighted by molar-refractivity contribution is -0.293. The summed E-state index contributed by atoms with van der Waals surface area (Å²) in [6, 6.07) is 5.13. The number of phenolic OH excluding ortho intramolecular Hbond substituents is 2. The van der Waals surface area contributed by atoms with E-state index in [2.05, 4.69) is 0 Å². The highest BCUT2D eigenvalue weighted by atomic mass is 16.7. The molecule has 17 heteroatoms. The van der Waals surface area contributed by atoms with E-state index in [4.69, 9.17) is 33.2 Å². The highest BCUT2D eigenvalue weighted by molar-refractivity contribution is 5.70. The molecule has 3 heterocycles. The molecule has 2 aromatic carbocycles. The summed E-state index contributed by atoms with van der Waals surface area (Å²) in [5.74, 6) is -1.05. The van der Waals surface area contributed by atoms with Crippen LogP contribution in [0.25, 0.3) is 6.08 Å². The molecule has 10 N–H and O–H groups in total. The zero-order valence-corrected chi connectivity index (χ0v) is 24.5. The van der Waals surface area contributed by atoms with Crippen LogP contribution in [0.1, 0.15) is 17.2 Å². The molecule has 254 valence electrons. The van der Waals surface area contributed by atoms with Crippen LogP contribution >= 0.6 is 0 Å². The number of ether oxygens (including phenoxy) is 7. The van der Waals surface area contributed by atoms with Crippen molar-refractivity contribution in [3.05, 3.63) is 41.2 Å². The maximum absolute atomic E-state index is 10.7. The second-order valence-corrected chi connectivity index (χ2v) is 10.8. The van der Waals surface area contributed by atoms with Crippen molar-refractivity contribution in [3.8, 4) is 34.5 Å². The lowest BCUT2D eigenvalue weighted by atomic mass is 9.98. The summed E-state index contributed by atoms with van der Waals surface area (Å²) in [6.45, 7) is -1.44. The molecule has 2 saturated heterocycles. The highest BCUT2D eigenvalue weighted by Crippen LogP contribution is 2.48. The van der Waals surface area contributed by atoms with Crippen molar-refractivity contribution in [2.75, 3.05) is 27.4 Å². The molecule has 1 unspecified atom stereocenters. The Kier molecular flexibility index (Phi) is 9.99. The summed E-state index contributed by atoms with van der Waals surface area (Å²) < 4.78 is 39.5. The van der Waals surface area contributed by atoms with Gasteiger partial charge in [0.2, 0.25) is 18.3 Å². The van der Waals surface area contributed by atoms with Crippen molar-refractivity contribution in [1.29, 1.82) is 0 Å². The van der Waals surface area contributed by atoms with E-state index in [-0.39, 0.29) is 51.4 Å². The van der Waals surface area contributed by atoms with Crippen molar-refractivity contribution >= 4 is 6.08 Å². The molecule has 2 fully saturated rings. The summed E-state index contributed by atoms with van der Waals surface area (Å²) >= 11 is 0. The van der Waals surface area contributed by atoms with Crippen LogP contribution in [-0.4, -0.2) is 140 Å². The Morgan fingerprint density at radius 2 is 1.17 bits per heavy atom. The number of aromatic hydroxyl groups is 2. The number of aliphatic hydroxyl groups excluding tert-OH is 8. The molecule has 46 heavy (non-hydrogen) atoms. The van der Waals surface area contributed by atoms with Gasteiger partial charge in [-0.3, -0.25) is 0 Å². The molecule has 0 aromatic heterocycles. The standard InChI is InChI=1S/C29H36O17/c1-40-15-3-10(4-16(41-2)20(15)33)27-17(44-29-26(39)24(37)22(35)19(9-31)46-29)7-12-13(42-27)5-11(32)6-14(12)43-28-25(38)23(36)21(34)18(8-30)45-28/h3-7,18-19,21-39H,8-9H2,1-2H3/t18-,19+,21-,22-,23+,24+,25-,26-,27?,28-,29+/m1/s1. The average Bonchev–Trinajstić information content (AvgIpc) is 3.05. The molecular formula is C29H36O17. The molecule has 0 aliphatic carbocycles.